The van der Waals surface area contributed by atoms with Crippen molar-refractivity contribution in [2.45, 2.75) is 38.0 Å². The topological polar surface area (TPSA) is 75.6 Å². The van der Waals surface area contributed by atoms with Crippen LogP contribution < -0.4 is 0 Å². The normalized spacial score (nSPS) is 12.0. The summed E-state index contributed by atoms with van der Waals surface area (Å²) in [5, 5.41) is 18.1. The van der Waals surface area contributed by atoms with Crippen molar-refractivity contribution >= 4 is 11.8 Å². The molecule has 1 aromatic carbocycles. The Morgan fingerprint density at radius 2 is 1.81 bits per heavy atom. The van der Waals surface area contributed by atoms with E-state index in [9.17, 15) is 9.65 Å². The van der Waals surface area contributed by atoms with Crippen LogP contribution >= 0.6 is 11.8 Å². The Bertz CT molecular complexity index is 992. The molecular formula is C19H17FN4OS. The van der Waals surface area contributed by atoms with Gasteiger partial charge in [0.25, 0.3) is 0 Å². The summed E-state index contributed by atoms with van der Waals surface area (Å²) in [5.41, 5.74) is 4.08. The van der Waals surface area contributed by atoms with Crippen molar-refractivity contribution < 1.29 is 8.81 Å². The largest absolute Gasteiger partial charge is 0.419 e. The summed E-state index contributed by atoms with van der Waals surface area (Å²) in [6.07, 6.45) is 0. The van der Waals surface area contributed by atoms with Crippen LogP contribution in [0.5, 0.6) is 0 Å². The van der Waals surface area contributed by atoms with Gasteiger partial charge in [-0.15, -0.1) is 10.2 Å². The Hall–Kier alpha value is -2.72. The first-order valence-electron chi connectivity index (χ1n) is 8.04. The minimum absolute atomic E-state index is 0.183. The molecule has 0 saturated heterocycles. The Morgan fingerprint density at radius 3 is 2.46 bits per heavy atom. The number of hydrogen-bond donors (Lipinski definition) is 0. The Kier molecular flexibility index (Phi) is 5.05. The van der Waals surface area contributed by atoms with E-state index in [1.54, 1.807) is 12.1 Å². The lowest BCUT2D eigenvalue weighted by molar-refractivity contribution is 0.509. The van der Waals surface area contributed by atoms with Crippen LogP contribution in [0.15, 0.2) is 33.7 Å². The molecule has 2 heterocycles. The summed E-state index contributed by atoms with van der Waals surface area (Å²) in [7, 11) is 0. The molecule has 3 rings (SSSR count). The number of benzene rings is 1. The average Bonchev–Trinajstić information content (AvgIpc) is 3.11. The molecule has 132 valence electrons. The zero-order chi connectivity index (χ0) is 18.8. The molecule has 1 atom stereocenters. The van der Waals surface area contributed by atoms with Crippen LogP contribution in [0.1, 0.15) is 40.4 Å². The van der Waals surface area contributed by atoms with Gasteiger partial charge < -0.3 is 4.42 Å². The fourth-order valence-corrected chi connectivity index (χ4v) is 3.49. The van der Waals surface area contributed by atoms with Gasteiger partial charge in [0.1, 0.15) is 16.9 Å². The molecule has 0 saturated carbocycles. The number of halogens is 1. The van der Waals surface area contributed by atoms with Gasteiger partial charge in [0.15, 0.2) is 0 Å². The third-order valence-electron chi connectivity index (χ3n) is 4.24. The van der Waals surface area contributed by atoms with Crippen LogP contribution in [0.2, 0.25) is 0 Å². The lowest BCUT2D eigenvalue weighted by Crippen LogP contribution is -2.00. The second-order valence-corrected chi connectivity index (χ2v) is 7.28. The molecule has 0 unspecified atom stereocenters. The SMILES string of the molecule is Cc1nc(S[C@H](C)c2nnc(-c3ccc(F)cc3)o2)c(C#N)c(C)c1C. The maximum Gasteiger partial charge on any atom is 0.247 e. The molecule has 2 aromatic heterocycles. The highest BCUT2D eigenvalue weighted by molar-refractivity contribution is 7.99. The summed E-state index contributed by atoms with van der Waals surface area (Å²) in [6, 6.07) is 8.11. The van der Waals surface area contributed by atoms with Crippen molar-refractivity contribution in [2.24, 2.45) is 0 Å². The zero-order valence-corrected chi connectivity index (χ0v) is 15.7. The second kappa shape index (κ2) is 7.26. The van der Waals surface area contributed by atoms with E-state index in [4.69, 9.17) is 4.42 Å². The smallest absolute Gasteiger partial charge is 0.247 e. The van der Waals surface area contributed by atoms with Crippen LogP contribution in [0.4, 0.5) is 4.39 Å². The van der Waals surface area contributed by atoms with Gasteiger partial charge in [0.05, 0.1) is 10.8 Å². The molecule has 7 heteroatoms. The van der Waals surface area contributed by atoms with Crippen molar-refractivity contribution in [2.75, 3.05) is 0 Å². The molecule has 0 bridgehead atoms. The Morgan fingerprint density at radius 1 is 1.12 bits per heavy atom. The molecule has 3 aromatic rings. The molecule has 26 heavy (non-hydrogen) atoms. The average molecular weight is 368 g/mol. The van der Waals surface area contributed by atoms with E-state index < -0.39 is 0 Å². The molecule has 0 aliphatic heterocycles. The van der Waals surface area contributed by atoms with Crippen LogP contribution in [0.3, 0.4) is 0 Å². The summed E-state index contributed by atoms with van der Waals surface area (Å²) in [5.74, 6) is 0.436. The van der Waals surface area contributed by atoms with Gasteiger partial charge in [-0.05, 0) is 63.1 Å². The highest BCUT2D eigenvalue weighted by Crippen LogP contribution is 2.37. The van der Waals surface area contributed by atoms with Crippen molar-refractivity contribution in [3.8, 4) is 17.5 Å². The van der Waals surface area contributed by atoms with E-state index in [2.05, 4.69) is 21.3 Å². The van der Waals surface area contributed by atoms with Gasteiger partial charge >= 0.3 is 0 Å². The predicted octanol–water partition coefficient (Wildman–Crippen LogP) is 4.92. The number of thioether (sulfide) groups is 1. The van der Waals surface area contributed by atoms with Gasteiger partial charge in [-0.2, -0.15) is 5.26 Å². The van der Waals surface area contributed by atoms with E-state index in [1.165, 1.54) is 23.9 Å². The van der Waals surface area contributed by atoms with E-state index in [0.717, 1.165) is 16.8 Å². The first-order valence-corrected chi connectivity index (χ1v) is 8.92. The maximum atomic E-state index is 13.0. The molecule has 5 nitrogen and oxygen atoms in total. The Balaban J connectivity index is 1.87. The van der Waals surface area contributed by atoms with Crippen molar-refractivity contribution in [3.05, 3.63) is 58.4 Å². The first kappa shape index (κ1) is 18.1. The number of pyridine rings is 1. The standard InChI is InChI=1S/C19H17FN4OS/c1-10-11(2)16(9-21)19(22-12(10)3)26-13(4)17-23-24-18(25-17)14-5-7-15(20)8-6-14/h5-8,13H,1-4H3/t13-/m1/s1. The number of aryl methyl sites for hydroxylation is 1. The minimum atomic E-state index is -0.322. The monoisotopic (exact) mass is 368 g/mol. The van der Waals surface area contributed by atoms with Gasteiger partial charge in [0.2, 0.25) is 11.8 Å². The van der Waals surface area contributed by atoms with Crippen LogP contribution in [-0.4, -0.2) is 15.2 Å². The lowest BCUT2D eigenvalue weighted by Gasteiger charge is -2.13. The van der Waals surface area contributed by atoms with Crippen molar-refractivity contribution in [1.29, 1.82) is 5.26 Å². The van der Waals surface area contributed by atoms with Crippen LogP contribution in [0, 0.1) is 37.9 Å². The summed E-state index contributed by atoms with van der Waals surface area (Å²) in [6.45, 7) is 7.73. The summed E-state index contributed by atoms with van der Waals surface area (Å²) < 4.78 is 18.8. The fourth-order valence-electron chi connectivity index (χ4n) is 2.45. The number of nitriles is 1. The third-order valence-corrected chi connectivity index (χ3v) is 5.32. The molecule has 0 N–H and O–H groups in total. The quantitative estimate of drug-likeness (QED) is 0.608. The van der Waals surface area contributed by atoms with Gasteiger partial charge in [-0.25, -0.2) is 9.37 Å². The van der Waals surface area contributed by atoms with E-state index in [1.807, 2.05) is 27.7 Å². The minimum Gasteiger partial charge on any atom is -0.419 e. The number of rotatable bonds is 4. The van der Waals surface area contributed by atoms with E-state index in [-0.39, 0.29) is 11.1 Å². The molecular weight excluding hydrogens is 351 g/mol. The summed E-state index contributed by atoms with van der Waals surface area (Å²) in [4.78, 5) is 4.55. The highest BCUT2D eigenvalue weighted by atomic mass is 32.2. The van der Waals surface area contributed by atoms with E-state index >= 15 is 0 Å². The van der Waals surface area contributed by atoms with Gasteiger partial charge in [-0.1, -0.05) is 11.8 Å². The third kappa shape index (κ3) is 3.46. The van der Waals surface area contributed by atoms with Gasteiger partial charge in [0, 0.05) is 11.3 Å². The number of hydrogen-bond acceptors (Lipinski definition) is 6. The first-order chi connectivity index (χ1) is 12.4. The van der Waals surface area contributed by atoms with Crippen LogP contribution in [-0.2, 0) is 0 Å². The summed E-state index contributed by atoms with van der Waals surface area (Å²) >= 11 is 1.41. The van der Waals surface area contributed by atoms with Gasteiger partial charge in [-0.3, -0.25) is 0 Å². The molecule has 0 aliphatic carbocycles. The molecule has 0 fully saturated rings. The predicted molar refractivity (Wildman–Crippen MR) is 97.1 cm³/mol. The Labute approximate surface area is 155 Å². The van der Waals surface area contributed by atoms with E-state index in [0.29, 0.717) is 27.9 Å². The zero-order valence-electron chi connectivity index (χ0n) is 14.9. The van der Waals surface area contributed by atoms with Crippen molar-refractivity contribution in [3.63, 3.8) is 0 Å². The highest BCUT2D eigenvalue weighted by Gasteiger charge is 2.20. The molecule has 0 amide bonds. The second-order valence-electron chi connectivity index (χ2n) is 5.95. The number of aromatic nitrogens is 3. The van der Waals surface area contributed by atoms with Crippen LogP contribution in [0.25, 0.3) is 11.5 Å². The molecule has 0 radical (unpaired) electrons. The number of nitrogens with zero attached hydrogens (tertiary/aromatic N) is 4. The maximum absolute atomic E-state index is 13.0. The lowest BCUT2D eigenvalue weighted by atomic mass is 10.1. The van der Waals surface area contributed by atoms with Crippen molar-refractivity contribution in [1.82, 2.24) is 15.2 Å². The molecule has 0 spiro atoms. The molecule has 0 aliphatic rings. The fraction of sp³-hybridized carbons (Fsp3) is 0.263.